The third-order valence-electron chi connectivity index (χ3n) is 3.33. The summed E-state index contributed by atoms with van der Waals surface area (Å²) in [4.78, 5) is 2.46. The zero-order valence-corrected chi connectivity index (χ0v) is 11.2. The van der Waals surface area contributed by atoms with Crippen molar-refractivity contribution in [1.29, 1.82) is 0 Å². The molecule has 0 fully saturated rings. The molecular weight excluding hydrogens is 190 g/mol. The van der Waals surface area contributed by atoms with Gasteiger partial charge in [0.1, 0.15) is 0 Å². The van der Waals surface area contributed by atoms with Gasteiger partial charge in [-0.2, -0.15) is 12.6 Å². The predicted octanol–water partition coefficient (Wildman–Crippen LogP) is 3.45. The summed E-state index contributed by atoms with van der Waals surface area (Å²) in [7, 11) is 2.24. The van der Waals surface area contributed by atoms with E-state index in [0.29, 0.717) is 5.41 Å². The lowest BCUT2D eigenvalue weighted by molar-refractivity contribution is 0.183. The van der Waals surface area contributed by atoms with E-state index in [1.165, 1.54) is 38.8 Å². The van der Waals surface area contributed by atoms with Gasteiger partial charge in [-0.15, -0.1) is 0 Å². The molecule has 0 heterocycles. The highest BCUT2D eigenvalue weighted by atomic mass is 32.1. The average molecular weight is 217 g/mol. The maximum atomic E-state index is 4.50. The second-order valence-corrected chi connectivity index (χ2v) is 4.77. The fourth-order valence-electron chi connectivity index (χ4n) is 1.83. The number of nitrogens with zero attached hydrogens (tertiary/aromatic N) is 1. The lowest BCUT2D eigenvalue weighted by Crippen LogP contribution is -2.36. The van der Waals surface area contributed by atoms with Crippen LogP contribution < -0.4 is 0 Å². The Balaban J connectivity index is 4.01. The molecule has 0 aliphatic carbocycles. The number of unbranched alkanes of at least 4 members (excludes halogenated alkanes) is 1. The van der Waals surface area contributed by atoms with Crippen molar-refractivity contribution in [1.82, 2.24) is 4.90 Å². The Morgan fingerprint density at radius 3 is 2.07 bits per heavy atom. The van der Waals surface area contributed by atoms with Gasteiger partial charge in [-0.25, -0.2) is 0 Å². The highest BCUT2D eigenvalue weighted by molar-refractivity contribution is 7.80. The monoisotopic (exact) mass is 217 g/mol. The summed E-state index contributed by atoms with van der Waals surface area (Å²) >= 11 is 4.50. The summed E-state index contributed by atoms with van der Waals surface area (Å²) in [5.74, 6) is 1.01. The summed E-state index contributed by atoms with van der Waals surface area (Å²) in [6.45, 7) is 9.25. The van der Waals surface area contributed by atoms with Crippen LogP contribution in [0.5, 0.6) is 0 Å². The Hall–Kier alpha value is 0.310. The molecule has 0 aliphatic rings. The Morgan fingerprint density at radius 1 is 1.14 bits per heavy atom. The first-order valence-corrected chi connectivity index (χ1v) is 6.56. The smallest absolute Gasteiger partial charge is 0.00425 e. The second kappa shape index (κ2) is 7.58. The molecule has 0 N–H and O–H groups in total. The van der Waals surface area contributed by atoms with Crippen LogP contribution in [0.15, 0.2) is 0 Å². The lowest BCUT2D eigenvalue weighted by Gasteiger charge is -2.34. The Kier molecular flexibility index (Phi) is 7.75. The van der Waals surface area contributed by atoms with Crippen LogP contribution in [0.3, 0.4) is 0 Å². The van der Waals surface area contributed by atoms with Crippen molar-refractivity contribution in [3.8, 4) is 0 Å². The van der Waals surface area contributed by atoms with E-state index in [-0.39, 0.29) is 0 Å². The maximum Gasteiger partial charge on any atom is 0.00425 e. The van der Waals surface area contributed by atoms with Gasteiger partial charge >= 0.3 is 0 Å². The molecule has 0 unspecified atom stereocenters. The van der Waals surface area contributed by atoms with Gasteiger partial charge in [0, 0.05) is 6.54 Å². The zero-order valence-electron chi connectivity index (χ0n) is 10.3. The van der Waals surface area contributed by atoms with E-state index in [1.807, 2.05) is 0 Å². The van der Waals surface area contributed by atoms with Crippen LogP contribution in [0.4, 0.5) is 0 Å². The third-order valence-corrected chi connectivity index (χ3v) is 4.00. The van der Waals surface area contributed by atoms with E-state index in [9.17, 15) is 0 Å². The van der Waals surface area contributed by atoms with Crippen molar-refractivity contribution in [3.63, 3.8) is 0 Å². The quantitative estimate of drug-likeness (QED) is 0.609. The first-order chi connectivity index (χ1) is 6.64. The normalized spacial score (nSPS) is 12.4. The van der Waals surface area contributed by atoms with E-state index in [0.717, 1.165) is 5.75 Å². The topological polar surface area (TPSA) is 3.24 Å². The fraction of sp³-hybridized carbons (Fsp3) is 1.00. The van der Waals surface area contributed by atoms with E-state index in [4.69, 9.17) is 0 Å². The molecule has 0 bridgehead atoms. The number of hydrogen-bond acceptors (Lipinski definition) is 2. The molecule has 1 nitrogen and oxygen atoms in total. The maximum absolute atomic E-state index is 4.50. The van der Waals surface area contributed by atoms with Gasteiger partial charge in [-0.1, -0.05) is 27.2 Å². The van der Waals surface area contributed by atoms with Crippen LogP contribution >= 0.6 is 12.6 Å². The van der Waals surface area contributed by atoms with E-state index in [2.05, 4.69) is 45.3 Å². The Morgan fingerprint density at radius 2 is 1.71 bits per heavy atom. The zero-order chi connectivity index (χ0) is 11.0. The fourth-order valence-corrected chi connectivity index (χ4v) is 2.37. The highest BCUT2D eigenvalue weighted by Gasteiger charge is 2.25. The molecule has 0 spiro atoms. The second-order valence-electron chi connectivity index (χ2n) is 4.46. The molecule has 0 aromatic carbocycles. The summed E-state index contributed by atoms with van der Waals surface area (Å²) in [6, 6.07) is 0. The summed E-state index contributed by atoms with van der Waals surface area (Å²) in [5, 5.41) is 0. The van der Waals surface area contributed by atoms with Gasteiger partial charge in [0.25, 0.3) is 0 Å². The van der Waals surface area contributed by atoms with E-state index >= 15 is 0 Å². The standard InChI is InChI=1S/C12H27NS/c1-5-8-9-13(4)10-12(6-2,7-3)11-14/h14H,5-11H2,1-4H3. The van der Waals surface area contributed by atoms with Crippen LogP contribution in [0.25, 0.3) is 0 Å². The van der Waals surface area contributed by atoms with E-state index < -0.39 is 0 Å². The summed E-state index contributed by atoms with van der Waals surface area (Å²) in [5.41, 5.74) is 0.436. The van der Waals surface area contributed by atoms with Crippen molar-refractivity contribution >= 4 is 12.6 Å². The third kappa shape index (κ3) is 4.70. The van der Waals surface area contributed by atoms with Gasteiger partial charge in [-0.05, 0) is 44.0 Å². The lowest BCUT2D eigenvalue weighted by atomic mass is 9.84. The minimum absolute atomic E-state index is 0.436. The molecule has 0 atom stereocenters. The molecule has 0 rings (SSSR count). The molecule has 0 saturated carbocycles. The molecule has 0 amide bonds. The minimum Gasteiger partial charge on any atom is -0.306 e. The van der Waals surface area contributed by atoms with Gasteiger partial charge in [-0.3, -0.25) is 0 Å². The molecule has 2 heteroatoms. The minimum atomic E-state index is 0.436. The first-order valence-electron chi connectivity index (χ1n) is 5.93. The molecule has 0 saturated heterocycles. The molecule has 86 valence electrons. The van der Waals surface area contributed by atoms with Crippen LogP contribution in [0.2, 0.25) is 0 Å². The Bertz CT molecular complexity index is 124. The van der Waals surface area contributed by atoms with Gasteiger partial charge in [0.2, 0.25) is 0 Å². The van der Waals surface area contributed by atoms with Crippen LogP contribution in [0.1, 0.15) is 46.5 Å². The van der Waals surface area contributed by atoms with Crippen LogP contribution in [-0.4, -0.2) is 30.8 Å². The molecule has 0 aromatic rings. The van der Waals surface area contributed by atoms with Gasteiger partial charge in [0.05, 0.1) is 0 Å². The van der Waals surface area contributed by atoms with Crippen LogP contribution in [-0.2, 0) is 0 Å². The van der Waals surface area contributed by atoms with Gasteiger partial charge < -0.3 is 4.90 Å². The van der Waals surface area contributed by atoms with Crippen molar-refractivity contribution < 1.29 is 0 Å². The molecule has 0 aliphatic heterocycles. The van der Waals surface area contributed by atoms with Crippen molar-refractivity contribution in [2.45, 2.75) is 46.5 Å². The first kappa shape index (κ1) is 14.3. The van der Waals surface area contributed by atoms with E-state index in [1.54, 1.807) is 0 Å². The summed E-state index contributed by atoms with van der Waals surface area (Å²) < 4.78 is 0. The molecular formula is C12H27NS. The molecule has 14 heavy (non-hydrogen) atoms. The van der Waals surface area contributed by atoms with Gasteiger partial charge in [0.15, 0.2) is 0 Å². The highest BCUT2D eigenvalue weighted by Crippen LogP contribution is 2.28. The van der Waals surface area contributed by atoms with Crippen LogP contribution in [0, 0.1) is 5.41 Å². The summed E-state index contributed by atoms with van der Waals surface area (Å²) in [6.07, 6.45) is 5.08. The Labute approximate surface area is 95.7 Å². The number of rotatable bonds is 8. The molecule has 0 aromatic heterocycles. The SMILES string of the molecule is CCCCN(C)CC(CC)(CC)CS. The number of thiol groups is 1. The van der Waals surface area contributed by atoms with Crippen molar-refractivity contribution in [2.75, 3.05) is 25.9 Å². The van der Waals surface area contributed by atoms with Crippen molar-refractivity contribution in [3.05, 3.63) is 0 Å². The average Bonchev–Trinajstić information content (AvgIpc) is 2.23. The molecule has 0 radical (unpaired) electrons. The predicted molar refractivity (Wildman–Crippen MR) is 69.3 cm³/mol. The number of hydrogen-bond donors (Lipinski definition) is 1. The van der Waals surface area contributed by atoms with Crippen molar-refractivity contribution in [2.24, 2.45) is 5.41 Å². The largest absolute Gasteiger partial charge is 0.306 e.